The SMILES string of the molecule is Cc1ccc(C(=O)C[C@]2(O)C(=O)N(CCOc3ccccc3)c3ccccc32)cc1. The lowest BCUT2D eigenvalue weighted by Gasteiger charge is -2.23. The van der Waals surface area contributed by atoms with Crippen molar-refractivity contribution in [2.75, 3.05) is 18.1 Å². The van der Waals surface area contributed by atoms with Crippen molar-refractivity contribution in [3.05, 3.63) is 95.6 Å². The third kappa shape index (κ3) is 3.72. The van der Waals surface area contributed by atoms with E-state index in [0.717, 1.165) is 5.56 Å². The van der Waals surface area contributed by atoms with Crippen LogP contribution in [0.1, 0.15) is 27.9 Å². The molecule has 0 fully saturated rings. The molecule has 1 N–H and O–H groups in total. The van der Waals surface area contributed by atoms with Crippen molar-refractivity contribution in [1.29, 1.82) is 0 Å². The van der Waals surface area contributed by atoms with Gasteiger partial charge in [0.25, 0.3) is 5.91 Å². The molecule has 3 aromatic carbocycles. The van der Waals surface area contributed by atoms with E-state index in [1.165, 1.54) is 4.90 Å². The van der Waals surface area contributed by atoms with Gasteiger partial charge in [-0.25, -0.2) is 0 Å². The Balaban J connectivity index is 1.54. The average Bonchev–Trinajstić information content (AvgIpc) is 2.97. The summed E-state index contributed by atoms with van der Waals surface area (Å²) in [6.45, 7) is 2.48. The minimum Gasteiger partial charge on any atom is -0.492 e. The van der Waals surface area contributed by atoms with Gasteiger partial charge in [-0.1, -0.05) is 66.2 Å². The van der Waals surface area contributed by atoms with Crippen LogP contribution in [0.2, 0.25) is 0 Å². The quantitative estimate of drug-likeness (QED) is 0.610. The summed E-state index contributed by atoms with van der Waals surface area (Å²) in [6, 6.07) is 23.5. The number of amides is 1. The van der Waals surface area contributed by atoms with Crippen molar-refractivity contribution in [2.45, 2.75) is 18.9 Å². The summed E-state index contributed by atoms with van der Waals surface area (Å²) in [7, 11) is 0. The number of fused-ring (bicyclic) bond motifs is 1. The molecular formula is C25H23NO4. The largest absolute Gasteiger partial charge is 0.492 e. The number of para-hydroxylation sites is 2. The van der Waals surface area contributed by atoms with Gasteiger partial charge >= 0.3 is 0 Å². The second-order valence-corrected chi connectivity index (χ2v) is 7.46. The molecule has 1 amide bonds. The number of rotatable bonds is 7. The van der Waals surface area contributed by atoms with Gasteiger partial charge in [0.15, 0.2) is 11.4 Å². The van der Waals surface area contributed by atoms with Crippen LogP contribution in [0.5, 0.6) is 5.75 Å². The van der Waals surface area contributed by atoms with E-state index in [-0.39, 0.29) is 25.4 Å². The maximum atomic E-state index is 13.2. The number of ether oxygens (including phenoxy) is 1. The van der Waals surface area contributed by atoms with Crippen molar-refractivity contribution < 1.29 is 19.4 Å². The van der Waals surface area contributed by atoms with E-state index in [2.05, 4.69) is 0 Å². The summed E-state index contributed by atoms with van der Waals surface area (Å²) < 4.78 is 5.72. The van der Waals surface area contributed by atoms with Gasteiger partial charge < -0.3 is 14.7 Å². The fraction of sp³-hybridized carbons (Fsp3) is 0.200. The standard InChI is InChI=1S/C25H23NO4/c1-18-11-13-19(14-12-18)23(27)17-25(29)21-9-5-6-10-22(21)26(24(25)28)15-16-30-20-7-3-2-4-8-20/h2-14,29H,15-17H2,1H3/t25-/m1/s1. The molecule has 5 nitrogen and oxygen atoms in total. The van der Waals surface area contributed by atoms with Gasteiger partial charge in [0, 0.05) is 11.1 Å². The van der Waals surface area contributed by atoms with Crippen LogP contribution in [0.15, 0.2) is 78.9 Å². The number of carbonyl (C=O) groups is 2. The van der Waals surface area contributed by atoms with Gasteiger partial charge in [-0.3, -0.25) is 9.59 Å². The fourth-order valence-electron chi connectivity index (χ4n) is 3.74. The van der Waals surface area contributed by atoms with E-state index in [1.54, 1.807) is 30.3 Å². The maximum absolute atomic E-state index is 13.2. The summed E-state index contributed by atoms with van der Waals surface area (Å²) >= 11 is 0. The summed E-state index contributed by atoms with van der Waals surface area (Å²) in [5.74, 6) is -0.0638. The molecule has 1 heterocycles. The number of benzene rings is 3. The minimum atomic E-state index is -1.88. The Morgan fingerprint density at radius 1 is 0.967 bits per heavy atom. The Morgan fingerprint density at radius 3 is 2.37 bits per heavy atom. The molecule has 0 saturated carbocycles. The molecule has 4 rings (SSSR count). The first-order valence-electron chi connectivity index (χ1n) is 9.90. The Labute approximate surface area is 175 Å². The molecule has 0 aliphatic carbocycles. The number of ketones is 1. The van der Waals surface area contributed by atoms with Crippen molar-refractivity contribution in [2.24, 2.45) is 0 Å². The molecule has 30 heavy (non-hydrogen) atoms. The molecule has 152 valence electrons. The van der Waals surface area contributed by atoms with E-state index in [1.807, 2.05) is 55.5 Å². The van der Waals surface area contributed by atoms with Crippen molar-refractivity contribution in [1.82, 2.24) is 0 Å². The smallest absolute Gasteiger partial charge is 0.264 e. The number of anilines is 1. The van der Waals surface area contributed by atoms with Crippen LogP contribution in [0.25, 0.3) is 0 Å². The predicted molar refractivity (Wildman–Crippen MR) is 115 cm³/mol. The number of aryl methyl sites for hydroxylation is 1. The Hall–Kier alpha value is -3.44. The zero-order chi connectivity index (χ0) is 21.1. The molecular weight excluding hydrogens is 378 g/mol. The normalized spacial score (nSPS) is 17.7. The van der Waals surface area contributed by atoms with Gasteiger partial charge in [0.2, 0.25) is 0 Å². The molecule has 5 heteroatoms. The van der Waals surface area contributed by atoms with Crippen molar-refractivity contribution in [3.63, 3.8) is 0 Å². The zero-order valence-corrected chi connectivity index (χ0v) is 16.7. The number of Topliss-reactive ketones (excluding diaryl/α,β-unsaturated/α-hetero) is 1. The van der Waals surface area contributed by atoms with E-state index < -0.39 is 11.5 Å². The summed E-state index contributed by atoms with van der Waals surface area (Å²) in [5.41, 5.74) is 0.696. The lowest BCUT2D eigenvalue weighted by molar-refractivity contribution is -0.135. The van der Waals surface area contributed by atoms with Crippen LogP contribution in [0.4, 0.5) is 5.69 Å². The molecule has 0 spiro atoms. The van der Waals surface area contributed by atoms with Gasteiger partial charge in [0.05, 0.1) is 18.7 Å². The minimum absolute atomic E-state index is 0.270. The lowest BCUT2D eigenvalue weighted by atomic mass is 9.88. The van der Waals surface area contributed by atoms with E-state index in [9.17, 15) is 14.7 Å². The van der Waals surface area contributed by atoms with Crippen LogP contribution < -0.4 is 9.64 Å². The van der Waals surface area contributed by atoms with Crippen LogP contribution >= 0.6 is 0 Å². The molecule has 1 aliphatic rings. The summed E-state index contributed by atoms with van der Waals surface area (Å²) in [4.78, 5) is 27.5. The van der Waals surface area contributed by atoms with Crippen LogP contribution in [-0.2, 0) is 10.4 Å². The highest BCUT2D eigenvalue weighted by Crippen LogP contribution is 2.42. The molecule has 1 atom stereocenters. The van der Waals surface area contributed by atoms with Gasteiger partial charge in [-0.15, -0.1) is 0 Å². The molecule has 1 aliphatic heterocycles. The first kappa shape index (κ1) is 19.9. The zero-order valence-electron chi connectivity index (χ0n) is 16.7. The van der Waals surface area contributed by atoms with Crippen LogP contribution in [0.3, 0.4) is 0 Å². The Bertz CT molecular complexity index is 1060. The number of carbonyl (C=O) groups excluding carboxylic acids is 2. The Morgan fingerprint density at radius 2 is 1.63 bits per heavy atom. The second kappa shape index (κ2) is 8.13. The number of aliphatic hydroxyl groups is 1. The highest BCUT2D eigenvalue weighted by atomic mass is 16.5. The monoisotopic (exact) mass is 401 g/mol. The van der Waals surface area contributed by atoms with Crippen LogP contribution in [0, 0.1) is 6.92 Å². The molecule has 0 bridgehead atoms. The number of hydrogen-bond acceptors (Lipinski definition) is 4. The van der Waals surface area contributed by atoms with E-state index in [4.69, 9.17) is 4.74 Å². The number of nitrogens with zero attached hydrogens (tertiary/aromatic N) is 1. The highest BCUT2D eigenvalue weighted by molar-refractivity contribution is 6.10. The maximum Gasteiger partial charge on any atom is 0.264 e. The van der Waals surface area contributed by atoms with Crippen molar-refractivity contribution >= 4 is 17.4 Å². The summed E-state index contributed by atoms with van der Waals surface area (Å²) in [6.07, 6.45) is -0.304. The second-order valence-electron chi connectivity index (χ2n) is 7.46. The first-order valence-corrected chi connectivity index (χ1v) is 9.90. The van der Waals surface area contributed by atoms with E-state index >= 15 is 0 Å². The highest BCUT2D eigenvalue weighted by Gasteiger charge is 2.50. The molecule has 0 aromatic heterocycles. The molecule has 0 radical (unpaired) electrons. The van der Waals surface area contributed by atoms with Crippen LogP contribution in [-0.4, -0.2) is 29.9 Å². The third-order valence-electron chi connectivity index (χ3n) is 5.36. The van der Waals surface area contributed by atoms with Crippen molar-refractivity contribution in [3.8, 4) is 5.75 Å². The third-order valence-corrected chi connectivity index (χ3v) is 5.36. The Kier molecular flexibility index (Phi) is 5.38. The topological polar surface area (TPSA) is 66.8 Å². The van der Waals surface area contributed by atoms with Gasteiger partial charge in [-0.05, 0) is 25.1 Å². The van der Waals surface area contributed by atoms with E-state index in [0.29, 0.717) is 22.6 Å². The molecule has 0 saturated heterocycles. The predicted octanol–water partition coefficient (Wildman–Crippen LogP) is 3.88. The summed E-state index contributed by atoms with van der Waals surface area (Å²) in [5, 5.41) is 11.3. The first-order chi connectivity index (χ1) is 14.5. The lowest BCUT2D eigenvalue weighted by Crippen LogP contribution is -2.43. The molecule has 3 aromatic rings. The number of hydrogen-bond donors (Lipinski definition) is 1. The van der Waals surface area contributed by atoms with Gasteiger partial charge in [-0.2, -0.15) is 0 Å². The van der Waals surface area contributed by atoms with Gasteiger partial charge in [0.1, 0.15) is 12.4 Å². The molecule has 0 unspecified atom stereocenters. The average molecular weight is 401 g/mol. The fourth-order valence-corrected chi connectivity index (χ4v) is 3.74.